The maximum absolute atomic E-state index is 10.9. The van der Waals surface area contributed by atoms with Crippen LogP contribution in [0.15, 0.2) is 39.5 Å². The van der Waals surface area contributed by atoms with Crippen LogP contribution in [-0.2, 0) is 6.54 Å². The van der Waals surface area contributed by atoms with Crippen LogP contribution in [0.3, 0.4) is 0 Å². The molecule has 0 unspecified atom stereocenters. The molecule has 0 aliphatic rings. The fraction of sp³-hybridized carbons (Fsp3) is 0.231. The van der Waals surface area contributed by atoms with Crippen molar-refractivity contribution in [2.24, 2.45) is 0 Å². The van der Waals surface area contributed by atoms with Crippen LogP contribution in [-0.4, -0.2) is 16.2 Å². The fourth-order valence-electron chi connectivity index (χ4n) is 1.75. The van der Waals surface area contributed by atoms with Gasteiger partial charge in [-0.2, -0.15) is 0 Å². The van der Waals surface area contributed by atoms with E-state index >= 15 is 0 Å². The van der Waals surface area contributed by atoms with Crippen molar-refractivity contribution in [2.45, 2.75) is 19.5 Å². The summed E-state index contributed by atoms with van der Waals surface area (Å²) in [6.45, 7) is 2.31. The van der Waals surface area contributed by atoms with Gasteiger partial charge in [-0.3, -0.25) is 0 Å². The number of benzene rings is 1. The summed E-state index contributed by atoms with van der Waals surface area (Å²) in [5.74, 6) is -0.710. The molecule has 0 amide bonds. The van der Waals surface area contributed by atoms with Crippen molar-refractivity contribution in [3.8, 4) is 0 Å². The largest absolute Gasteiger partial charge is 0.478 e. The van der Waals surface area contributed by atoms with Gasteiger partial charge in [0.15, 0.2) is 5.76 Å². The first-order valence-electron chi connectivity index (χ1n) is 5.74. The topological polar surface area (TPSA) is 75.4 Å². The van der Waals surface area contributed by atoms with E-state index in [4.69, 9.17) is 9.63 Å². The number of aromatic carboxylic acids is 1. The van der Waals surface area contributed by atoms with Gasteiger partial charge in [0.25, 0.3) is 0 Å². The van der Waals surface area contributed by atoms with E-state index in [1.807, 2.05) is 31.2 Å². The van der Waals surface area contributed by atoms with E-state index in [-0.39, 0.29) is 11.6 Å². The summed E-state index contributed by atoms with van der Waals surface area (Å²) in [6, 6.07) is 7.92. The quantitative estimate of drug-likeness (QED) is 0.884. The Hall–Kier alpha value is -1.66. The van der Waals surface area contributed by atoms with Gasteiger partial charge in [0.2, 0.25) is 0 Å². The van der Waals surface area contributed by atoms with Crippen LogP contribution in [0.1, 0.15) is 34.6 Å². The molecule has 19 heavy (non-hydrogen) atoms. The summed E-state index contributed by atoms with van der Waals surface area (Å²) in [5, 5.41) is 15.7. The Morgan fingerprint density at radius 3 is 2.95 bits per heavy atom. The normalized spacial score (nSPS) is 12.3. The third-order valence-corrected chi connectivity index (χ3v) is 3.54. The molecule has 1 aromatic carbocycles. The van der Waals surface area contributed by atoms with Crippen molar-refractivity contribution >= 4 is 21.9 Å². The third kappa shape index (κ3) is 3.21. The van der Waals surface area contributed by atoms with Crippen LogP contribution in [0.5, 0.6) is 0 Å². The highest BCUT2D eigenvalue weighted by Gasteiger charge is 2.16. The van der Waals surface area contributed by atoms with Crippen molar-refractivity contribution in [1.29, 1.82) is 0 Å². The van der Waals surface area contributed by atoms with Gasteiger partial charge in [-0.05, 0) is 18.6 Å². The predicted octanol–water partition coefficient (Wildman–Crippen LogP) is 2.99. The van der Waals surface area contributed by atoms with Gasteiger partial charge in [0.1, 0.15) is 5.56 Å². The van der Waals surface area contributed by atoms with Gasteiger partial charge in [0.05, 0.1) is 12.7 Å². The van der Waals surface area contributed by atoms with E-state index in [0.717, 1.165) is 10.0 Å². The number of aromatic nitrogens is 1. The average Bonchev–Trinajstić information content (AvgIpc) is 2.85. The molecule has 5 nitrogen and oxygen atoms in total. The number of carboxylic acid groups (broad SMARTS) is 1. The Labute approximate surface area is 118 Å². The summed E-state index contributed by atoms with van der Waals surface area (Å²) in [4.78, 5) is 10.9. The second kappa shape index (κ2) is 5.99. The highest BCUT2D eigenvalue weighted by atomic mass is 79.9. The highest BCUT2D eigenvalue weighted by Crippen LogP contribution is 2.23. The molecule has 100 valence electrons. The van der Waals surface area contributed by atoms with E-state index < -0.39 is 5.97 Å². The van der Waals surface area contributed by atoms with Crippen molar-refractivity contribution in [1.82, 2.24) is 10.5 Å². The zero-order valence-electron chi connectivity index (χ0n) is 10.3. The SMILES string of the molecule is C[C@@H](NCc1oncc1C(=O)O)c1ccccc1Br. The molecule has 0 saturated heterocycles. The first kappa shape index (κ1) is 13.8. The standard InChI is InChI=1S/C13H13BrN2O3/c1-8(9-4-2-3-5-11(9)14)15-7-12-10(13(17)18)6-16-19-12/h2-6,8,15H,7H2,1H3,(H,17,18)/t8-/m1/s1. The number of halogens is 1. The molecule has 0 saturated carbocycles. The van der Waals surface area contributed by atoms with Crippen molar-refractivity contribution in [3.05, 3.63) is 51.8 Å². The number of hydrogen-bond acceptors (Lipinski definition) is 4. The highest BCUT2D eigenvalue weighted by molar-refractivity contribution is 9.10. The Balaban J connectivity index is 2.05. The first-order chi connectivity index (χ1) is 9.09. The zero-order valence-corrected chi connectivity index (χ0v) is 11.8. The minimum Gasteiger partial charge on any atom is -0.478 e. The molecule has 1 heterocycles. The molecule has 2 N–H and O–H groups in total. The summed E-state index contributed by atoms with van der Waals surface area (Å²) in [7, 11) is 0. The van der Waals surface area contributed by atoms with E-state index in [9.17, 15) is 4.79 Å². The molecule has 6 heteroatoms. The molecular weight excluding hydrogens is 312 g/mol. The van der Waals surface area contributed by atoms with Gasteiger partial charge in [-0.15, -0.1) is 0 Å². The predicted molar refractivity (Wildman–Crippen MR) is 72.9 cm³/mol. The van der Waals surface area contributed by atoms with Gasteiger partial charge in [-0.25, -0.2) is 4.79 Å². The van der Waals surface area contributed by atoms with Crippen LogP contribution < -0.4 is 5.32 Å². The van der Waals surface area contributed by atoms with E-state index in [2.05, 4.69) is 26.4 Å². The molecule has 2 aromatic rings. The summed E-state index contributed by atoms with van der Waals surface area (Å²) < 4.78 is 5.94. The fourth-order valence-corrected chi connectivity index (χ4v) is 2.38. The van der Waals surface area contributed by atoms with Crippen LogP contribution in [0.4, 0.5) is 0 Å². The monoisotopic (exact) mass is 324 g/mol. The Morgan fingerprint density at radius 2 is 2.26 bits per heavy atom. The number of carbonyl (C=O) groups is 1. The number of hydrogen-bond donors (Lipinski definition) is 2. The maximum Gasteiger partial charge on any atom is 0.341 e. The molecule has 0 aliphatic heterocycles. The Kier molecular flexibility index (Phi) is 4.34. The second-order valence-electron chi connectivity index (χ2n) is 4.09. The second-order valence-corrected chi connectivity index (χ2v) is 4.95. The van der Waals surface area contributed by atoms with Gasteiger partial charge >= 0.3 is 5.97 Å². The minimum absolute atomic E-state index is 0.0577. The molecule has 0 bridgehead atoms. The lowest BCUT2D eigenvalue weighted by molar-refractivity contribution is 0.0694. The van der Waals surface area contributed by atoms with Gasteiger partial charge < -0.3 is 14.9 Å². The lowest BCUT2D eigenvalue weighted by Crippen LogP contribution is -2.19. The number of nitrogens with zero attached hydrogens (tertiary/aromatic N) is 1. The van der Waals surface area contributed by atoms with Crippen LogP contribution in [0.25, 0.3) is 0 Å². The molecule has 2 rings (SSSR count). The molecule has 1 atom stereocenters. The van der Waals surface area contributed by atoms with E-state index in [1.54, 1.807) is 0 Å². The lowest BCUT2D eigenvalue weighted by atomic mass is 10.1. The van der Waals surface area contributed by atoms with Gasteiger partial charge in [0, 0.05) is 10.5 Å². The Bertz CT molecular complexity index is 583. The smallest absolute Gasteiger partial charge is 0.341 e. The molecule has 0 radical (unpaired) electrons. The number of rotatable bonds is 5. The molecule has 0 spiro atoms. The molecule has 0 fully saturated rings. The molecular formula is C13H13BrN2O3. The van der Waals surface area contributed by atoms with Crippen molar-refractivity contribution in [3.63, 3.8) is 0 Å². The van der Waals surface area contributed by atoms with Crippen LogP contribution in [0, 0.1) is 0 Å². The van der Waals surface area contributed by atoms with Crippen LogP contribution in [0.2, 0.25) is 0 Å². The van der Waals surface area contributed by atoms with E-state index in [1.165, 1.54) is 6.20 Å². The Morgan fingerprint density at radius 1 is 1.53 bits per heavy atom. The minimum atomic E-state index is -1.04. The zero-order chi connectivity index (χ0) is 13.8. The summed E-state index contributed by atoms with van der Waals surface area (Å²) >= 11 is 3.48. The van der Waals surface area contributed by atoms with Gasteiger partial charge in [-0.1, -0.05) is 39.3 Å². The van der Waals surface area contributed by atoms with Crippen LogP contribution >= 0.6 is 15.9 Å². The van der Waals surface area contributed by atoms with Crippen molar-refractivity contribution < 1.29 is 14.4 Å². The maximum atomic E-state index is 10.9. The first-order valence-corrected chi connectivity index (χ1v) is 6.53. The summed E-state index contributed by atoms with van der Waals surface area (Å²) in [5.41, 5.74) is 1.19. The molecule has 0 aliphatic carbocycles. The van der Waals surface area contributed by atoms with Crippen molar-refractivity contribution in [2.75, 3.05) is 0 Å². The van der Waals surface area contributed by atoms with E-state index in [0.29, 0.717) is 12.3 Å². The number of nitrogens with one attached hydrogen (secondary N) is 1. The molecule has 1 aromatic heterocycles. The average molecular weight is 325 g/mol. The lowest BCUT2D eigenvalue weighted by Gasteiger charge is -2.14. The third-order valence-electron chi connectivity index (χ3n) is 2.82. The number of carboxylic acids is 1. The summed E-state index contributed by atoms with van der Waals surface area (Å²) in [6.07, 6.45) is 1.21.